The molecule has 2 rings (SSSR count). The standard InChI is InChI=1S/C15H23F2N3/c1-19(2)9-12-4-3-7-20(12)10-15(18)13-6-5-11(16)8-14(13)17/h5-6,8,12,15H,3-4,7,9-10,18H2,1-2H3. The molecule has 0 aliphatic carbocycles. The third-order valence-electron chi connectivity index (χ3n) is 3.87. The molecule has 2 unspecified atom stereocenters. The predicted octanol–water partition coefficient (Wildman–Crippen LogP) is 1.99. The van der Waals surface area contributed by atoms with Gasteiger partial charge < -0.3 is 10.6 Å². The molecule has 2 atom stereocenters. The number of halogens is 2. The first-order valence-corrected chi connectivity index (χ1v) is 7.06. The Morgan fingerprint density at radius 2 is 2.15 bits per heavy atom. The van der Waals surface area contributed by atoms with Gasteiger partial charge in [0.2, 0.25) is 0 Å². The van der Waals surface area contributed by atoms with E-state index in [9.17, 15) is 8.78 Å². The van der Waals surface area contributed by atoms with Gasteiger partial charge in [-0.15, -0.1) is 0 Å². The zero-order valence-electron chi connectivity index (χ0n) is 12.1. The van der Waals surface area contributed by atoms with E-state index < -0.39 is 17.7 Å². The van der Waals surface area contributed by atoms with Crippen LogP contribution in [0.1, 0.15) is 24.4 Å². The van der Waals surface area contributed by atoms with Crippen LogP contribution in [0.4, 0.5) is 8.78 Å². The smallest absolute Gasteiger partial charge is 0.130 e. The van der Waals surface area contributed by atoms with Crippen LogP contribution in [0, 0.1) is 11.6 Å². The maximum absolute atomic E-state index is 13.7. The van der Waals surface area contributed by atoms with Crippen molar-refractivity contribution in [2.24, 2.45) is 5.73 Å². The molecule has 0 bridgehead atoms. The highest BCUT2D eigenvalue weighted by molar-refractivity contribution is 5.22. The summed E-state index contributed by atoms with van der Waals surface area (Å²) in [7, 11) is 4.10. The van der Waals surface area contributed by atoms with Crippen molar-refractivity contribution in [1.29, 1.82) is 0 Å². The van der Waals surface area contributed by atoms with Crippen molar-refractivity contribution < 1.29 is 8.78 Å². The first-order valence-electron chi connectivity index (χ1n) is 7.06. The molecule has 0 aromatic heterocycles. The van der Waals surface area contributed by atoms with Crippen molar-refractivity contribution in [3.8, 4) is 0 Å². The molecule has 1 saturated heterocycles. The molecule has 5 heteroatoms. The summed E-state index contributed by atoms with van der Waals surface area (Å²) in [5, 5.41) is 0. The lowest BCUT2D eigenvalue weighted by Gasteiger charge is -2.29. The summed E-state index contributed by atoms with van der Waals surface area (Å²) in [5.41, 5.74) is 6.49. The van der Waals surface area contributed by atoms with Gasteiger partial charge in [-0.2, -0.15) is 0 Å². The number of likely N-dealkylation sites (tertiary alicyclic amines) is 1. The highest BCUT2D eigenvalue weighted by atomic mass is 19.1. The number of nitrogens with zero attached hydrogens (tertiary/aromatic N) is 2. The minimum absolute atomic E-state index is 0.391. The quantitative estimate of drug-likeness (QED) is 0.897. The van der Waals surface area contributed by atoms with Gasteiger partial charge in [0.25, 0.3) is 0 Å². The zero-order valence-corrected chi connectivity index (χ0v) is 12.1. The van der Waals surface area contributed by atoms with E-state index >= 15 is 0 Å². The molecular formula is C15H23F2N3. The summed E-state index contributed by atoms with van der Waals surface area (Å²) in [6.07, 6.45) is 2.30. The Morgan fingerprint density at radius 1 is 1.40 bits per heavy atom. The Bertz CT molecular complexity index is 451. The third-order valence-corrected chi connectivity index (χ3v) is 3.87. The fraction of sp³-hybridized carbons (Fsp3) is 0.600. The number of benzene rings is 1. The summed E-state index contributed by atoms with van der Waals surface area (Å²) in [6.45, 7) is 2.59. The molecule has 1 aliphatic rings. The van der Waals surface area contributed by atoms with Crippen LogP contribution in [-0.4, -0.2) is 49.6 Å². The maximum Gasteiger partial charge on any atom is 0.130 e. The Labute approximate surface area is 119 Å². The molecule has 0 spiro atoms. The van der Waals surface area contributed by atoms with E-state index in [0.29, 0.717) is 18.2 Å². The average molecular weight is 283 g/mol. The van der Waals surface area contributed by atoms with E-state index in [0.717, 1.165) is 32.0 Å². The van der Waals surface area contributed by atoms with Crippen LogP contribution in [0.3, 0.4) is 0 Å². The third kappa shape index (κ3) is 3.75. The van der Waals surface area contributed by atoms with Gasteiger partial charge >= 0.3 is 0 Å². The first-order chi connectivity index (χ1) is 9.47. The lowest BCUT2D eigenvalue weighted by molar-refractivity contribution is 0.197. The van der Waals surface area contributed by atoms with E-state index in [2.05, 4.69) is 23.9 Å². The van der Waals surface area contributed by atoms with Crippen LogP contribution in [0.25, 0.3) is 0 Å². The summed E-state index contributed by atoms with van der Waals surface area (Å²) in [6, 6.07) is 3.67. The second kappa shape index (κ2) is 6.61. The molecule has 1 heterocycles. The summed E-state index contributed by atoms with van der Waals surface area (Å²) in [4.78, 5) is 4.47. The van der Waals surface area contributed by atoms with Gasteiger partial charge in [-0.25, -0.2) is 8.78 Å². The van der Waals surface area contributed by atoms with Crippen molar-refractivity contribution in [2.45, 2.75) is 24.9 Å². The Hall–Kier alpha value is -1.04. The zero-order chi connectivity index (χ0) is 14.7. The van der Waals surface area contributed by atoms with Crippen LogP contribution in [0.5, 0.6) is 0 Å². The average Bonchev–Trinajstić information content (AvgIpc) is 2.75. The van der Waals surface area contributed by atoms with E-state index in [-0.39, 0.29) is 0 Å². The van der Waals surface area contributed by atoms with Gasteiger partial charge in [-0.3, -0.25) is 4.90 Å². The summed E-state index contributed by atoms with van der Waals surface area (Å²) in [5.74, 6) is -1.12. The number of hydrogen-bond acceptors (Lipinski definition) is 3. The molecule has 112 valence electrons. The topological polar surface area (TPSA) is 32.5 Å². The van der Waals surface area contributed by atoms with Crippen molar-refractivity contribution in [3.05, 3.63) is 35.4 Å². The molecule has 0 amide bonds. The van der Waals surface area contributed by atoms with Gasteiger partial charge in [0.15, 0.2) is 0 Å². The lowest BCUT2D eigenvalue weighted by Crippen LogP contribution is -2.41. The molecule has 0 radical (unpaired) electrons. The highest BCUT2D eigenvalue weighted by Gasteiger charge is 2.27. The van der Waals surface area contributed by atoms with Gasteiger partial charge in [0.1, 0.15) is 11.6 Å². The van der Waals surface area contributed by atoms with E-state index in [4.69, 9.17) is 5.73 Å². The van der Waals surface area contributed by atoms with Crippen LogP contribution >= 0.6 is 0 Å². The normalized spacial score (nSPS) is 21.6. The highest BCUT2D eigenvalue weighted by Crippen LogP contribution is 2.23. The molecule has 1 aliphatic heterocycles. The summed E-state index contributed by atoms with van der Waals surface area (Å²) >= 11 is 0. The molecule has 0 saturated carbocycles. The minimum Gasteiger partial charge on any atom is -0.323 e. The molecule has 3 nitrogen and oxygen atoms in total. The Kier molecular flexibility index (Phi) is 5.07. The van der Waals surface area contributed by atoms with Gasteiger partial charge in [0.05, 0.1) is 0 Å². The Balaban J connectivity index is 2.01. The van der Waals surface area contributed by atoms with Crippen LogP contribution in [0.2, 0.25) is 0 Å². The molecule has 1 aromatic carbocycles. The van der Waals surface area contributed by atoms with Crippen molar-refractivity contribution in [3.63, 3.8) is 0 Å². The fourth-order valence-corrected chi connectivity index (χ4v) is 2.92. The molecular weight excluding hydrogens is 260 g/mol. The molecule has 1 fully saturated rings. The van der Waals surface area contributed by atoms with Crippen molar-refractivity contribution in [1.82, 2.24) is 9.80 Å². The number of likely N-dealkylation sites (N-methyl/N-ethyl adjacent to an activating group) is 1. The molecule has 20 heavy (non-hydrogen) atoms. The van der Waals surface area contributed by atoms with Gasteiger partial charge in [-0.1, -0.05) is 6.07 Å². The number of rotatable bonds is 5. The maximum atomic E-state index is 13.7. The van der Waals surface area contributed by atoms with E-state index in [1.165, 1.54) is 12.1 Å². The monoisotopic (exact) mass is 283 g/mol. The molecule has 1 aromatic rings. The van der Waals surface area contributed by atoms with Gasteiger partial charge in [-0.05, 0) is 39.5 Å². The molecule has 2 N–H and O–H groups in total. The van der Waals surface area contributed by atoms with Crippen molar-refractivity contribution in [2.75, 3.05) is 33.7 Å². The van der Waals surface area contributed by atoms with Crippen molar-refractivity contribution >= 4 is 0 Å². The minimum atomic E-state index is -0.565. The summed E-state index contributed by atoms with van der Waals surface area (Å²) < 4.78 is 26.7. The van der Waals surface area contributed by atoms with E-state index in [1.807, 2.05) is 0 Å². The van der Waals surface area contributed by atoms with Gasteiger partial charge in [0, 0.05) is 36.8 Å². The second-order valence-corrected chi connectivity index (χ2v) is 5.83. The van der Waals surface area contributed by atoms with Crippen LogP contribution < -0.4 is 5.73 Å². The van der Waals surface area contributed by atoms with Crippen LogP contribution in [0.15, 0.2) is 18.2 Å². The first kappa shape index (κ1) is 15.4. The number of hydrogen-bond donors (Lipinski definition) is 1. The van der Waals surface area contributed by atoms with Crippen LogP contribution in [-0.2, 0) is 0 Å². The lowest BCUT2D eigenvalue weighted by atomic mass is 10.1. The SMILES string of the molecule is CN(C)CC1CCCN1CC(N)c1ccc(F)cc1F. The predicted molar refractivity (Wildman–Crippen MR) is 76.4 cm³/mol. The Morgan fingerprint density at radius 3 is 2.80 bits per heavy atom. The second-order valence-electron chi connectivity index (χ2n) is 5.83. The van der Waals surface area contributed by atoms with E-state index in [1.54, 1.807) is 0 Å². The number of nitrogens with two attached hydrogens (primary N) is 1. The fourth-order valence-electron chi connectivity index (χ4n) is 2.92. The largest absolute Gasteiger partial charge is 0.323 e.